The molecule has 0 fully saturated rings. The minimum absolute atomic E-state index is 0.338. The first-order valence-corrected chi connectivity index (χ1v) is 5.31. The Kier molecular flexibility index (Phi) is 3.70. The number of hydrogen-bond acceptors (Lipinski definition) is 2. The molecule has 0 aliphatic carbocycles. The second-order valence-electron chi connectivity index (χ2n) is 3.65. The Labute approximate surface area is 95.1 Å². The van der Waals surface area contributed by atoms with Crippen molar-refractivity contribution in [3.05, 3.63) is 60.2 Å². The lowest BCUT2D eigenvalue weighted by molar-refractivity contribution is -0.241. The number of benzene rings is 2. The molecule has 2 aromatic rings. The molecule has 0 aromatic heterocycles. The Hall–Kier alpha value is -1.64. The zero-order valence-corrected chi connectivity index (χ0v) is 8.97. The molecule has 1 N–H and O–H groups in total. The van der Waals surface area contributed by atoms with Crippen molar-refractivity contribution in [2.45, 2.75) is 6.42 Å². The van der Waals surface area contributed by atoms with Gasteiger partial charge in [0, 0.05) is 0 Å². The van der Waals surface area contributed by atoms with Crippen LogP contribution in [0.4, 0.5) is 0 Å². The summed E-state index contributed by atoms with van der Waals surface area (Å²) < 4.78 is 0. The van der Waals surface area contributed by atoms with E-state index >= 15 is 0 Å². The van der Waals surface area contributed by atoms with E-state index in [2.05, 4.69) is 41.3 Å². The van der Waals surface area contributed by atoms with Gasteiger partial charge in [-0.2, -0.15) is 0 Å². The lowest BCUT2D eigenvalue weighted by Gasteiger charge is -2.03. The van der Waals surface area contributed by atoms with E-state index in [1.54, 1.807) is 0 Å². The van der Waals surface area contributed by atoms with E-state index in [-0.39, 0.29) is 0 Å². The van der Waals surface area contributed by atoms with Gasteiger partial charge in [-0.3, -0.25) is 5.26 Å². The Morgan fingerprint density at radius 1 is 0.812 bits per heavy atom. The fraction of sp³-hybridized carbons (Fsp3) is 0.143. The van der Waals surface area contributed by atoms with Crippen molar-refractivity contribution in [1.29, 1.82) is 0 Å². The molecule has 16 heavy (non-hydrogen) atoms. The maximum absolute atomic E-state index is 8.26. The van der Waals surface area contributed by atoms with E-state index in [4.69, 9.17) is 5.26 Å². The van der Waals surface area contributed by atoms with Crippen LogP contribution < -0.4 is 0 Å². The molecule has 0 amide bonds. The Morgan fingerprint density at radius 3 is 2.06 bits per heavy atom. The molecule has 0 aliphatic heterocycles. The number of rotatable bonds is 4. The van der Waals surface area contributed by atoms with Gasteiger partial charge in [0.05, 0.1) is 6.61 Å². The Morgan fingerprint density at radius 2 is 1.44 bits per heavy atom. The highest BCUT2D eigenvalue weighted by molar-refractivity contribution is 5.63. The van der Waals surface area contributed by atoms with Crippen LogP contribution in [0.5, 0.6) is 0 Å². The molecule has 0 spiro atoms. The van der Waals surface area contributed by atoms with Crippen LogP contribution in [0.1, 0.15) is 5.56 Å². The third kappa shape index (κ3) is 2.69. The van der Waals surface area contributed by atoms with Crippen molar-refractivity contribution < 1.29 is 10.1 Å². The quantitative estimate of drug-likeness (QED) is 0.624. The highest BCUT2D eigenvalue weighted by Crippen LogP contribution is 2.19. The second-order valence-corrected chi connectivity index (χ2v) is 3.65. The summed E-state index contributed by atoms with van der Waals surface area (Å²) in [4.78, 5) is 4.06. The molecular weight excluding hydrogens is 200 g/mol. The maximum Gasteiger partial charge on any atom is 0.0860 e. The van der Waals surface area contributed by atoms with Crippen LogP contribution in [0.3, 0.4) is 0 Å². The molecule has 0 saturated heterocycles. The molecular formula is C14H14O2. The molecule has 0 radical (unpaired) electrons. The van der Waals surface area contributed by atoms with Crippen LogP contribution in [-0.4, -0.2) is 11.9 Å². The molecule has 0 saturated carbocycles. The van der Waals surface area contributed by atoms with Gasteiger partial charge in [-0.25, -0.2) is 4.89 Å². The molecule has 82 valence electrons. The summed E-state index contributed by atoms with van der Waals surface area (Å²) in [6.07, 6.45) is 0.728. The zero-order valence-electron chi connectivity index (χ0n) is 8.97. The summed E-state index contributed by atoms with van der Waals surface area (Å²) >= 11 is 0. The summed E-state index contributed by atoms with van der Waals surface area (Å²) in [5, 5.41) is 8.26. The summed E-state index contributed by atoms with van der Waals surface area (Å²) in [5.74, 6) is 0. The van der Waals surface area contributed by atoms with E-state index in [0.717, 1.165) is 12.0 Å². The summed E-state index contributed by atoms with van der Waals surface area (Å²) in [6.45, 7) is 0.338. The van der Waals surface area contributed by atoms with Gasteiger partial charge in [-0.05, 0) is 23.1 Å². The fourth-order valence-electron chi connectivity index (χ4n) is 1.66. The normalized spacial score (nSPS) is 10.3. The van der Waals surface area contributed by atoms with Crippen LogP contribution in [0.15, 0.2) is 54.6 Å². The van der Waals surface area contributed by atoms with Gasteiger partial charge < -0.3 is 0 Å². The molecule has 0 aliphatic rings. The zero-order chi connectivity index (χ0) is 11.2. The second kappa shape index (κ2) is 5.45. The summed E-state index contributed by atoms with van der Waals surface area (Å²) in [5.41, 5.74) is 3.58. The molecule has 2 nitrogen and oxygen atoms in total. The lowest BCUT2D eigenvalue weighted by atomic mass is 10.0. The van der Waals surface area contributed by atoms with E-state index in [1.807, 2.05) is 18.2 Å². The summed E-state index contributed by atoms with van der Waals surface area (Å²) in [6, 6.07) is 18.5. The molecule has 2 rings (SSSR count). The van der Waals surface area contributed by atoms with Crippen LogP contribution in [0.25, 0.3) is 11.1 Å². The highest BCUT2D eigenvalue weighted by Gasteiger charge is 1.97. The average molecular weight is 214 g/mol. The highest BCUT2D eigenvalue weighted by atomic mass is 17.1. The van der Waals surface area contributed by atoms with E-state index in [0.29, 0.717) is 6.61 Å². The number of hydrogen-bond donors (Lipinski definition) is 1. The van der Waals surface area contributed by atoms with Gasteiger partial charge in [0.2, 0.25) is 0 Å². The Bertz CT molecular complexity index is 420. The van der Waals surface area contributed by atoms with Crippen LogP contribution in [0.2, 0.25) is 0 Å². The standard InChI is InChI=1S/C14H14O2/c15-16-11-10-12-6-8-14(9-7-12)13-4-2-1-3-5-13/h1-9,15H,10-11H2. The predicted octanol–water partition coefficient (Wildman–Crippen LogP) is 3.39. The van der Waals surface area contributed by atoms with Gasteiger partial charge in [0.1, 0.15) is 0 Å². The van der Waals surface area contributed by atoms with Crippen molar-refractivity contribution >= 4 is 0 Å². The van der Waals surface area contributed by atoms with Crippen LogP contribution in [-0.2, 0) is 11.3 Å². The molecule has 0 unspecified atom stereocenters. The monoisotopic (exact) mass is 214 g/mol. The average Bonchev–Trinajstić information content (AvgIpc) is 2.38. The van der Waals surface area contributed by atoms with Crippen molar-refractivity contribution in [3.8, 4) is 11.1 Å². The van der Waals surface area contributed by atoms with E-state index in [9.17, 15) is 0 Å². The first-order chi connectivity index (χ1) is 7.90. The fourth-order valence-corrected chi connectivity index (χ4v) is 1.66. The van der Waals surface area contributed by atoms with Crippen molar-refractivity contribution in [3.63, 3.8) is 0 Å². The maximum atomic E-state index is 8.26. The predicted molar refractivity (Wildman–Crippen MR) is 64.2 cm³/mol. The van der Waals surface area contributed by atoms with Crippen LogP contribution >= 0.6 is 0 Å². The first-order valence-electron chi connectivity index (χ1n) is 5.31. The minimum Gasteiger partial charge on any atom is -0.252 e. The van der Waals surface area contributed by atoms with E-state index < -0.39 is 0 Å². The topological polar surface area (TPSA) is 29.5 Å². The smallest absolute Gasteiger partial charge is 0.0860 e. The largest absolute Gasteiger partial charge is 0.252 e. The van der Waals surface area contributed by atoms with Gasteiger partial charge in [0.25, 0.3) is 0 Å². The third-order valence-corrected chi connectivity index (χ3v) is 2.54. The SMILES string of the molecule is OOCCc1ccc(-c2ccccc2)cc1. The van der Waals surface area contributed by atoms with Crippen LogP contribution in [0, 0.1) is 0 Å². The van der Waals surface area contributed by atoms with Gasteiger partial charge in [-0.1, -0.05) is 54.6 Å². The van der Waals surface area contributed by atoms with Gasteiger partial charge >= 0.3 is 0 Å². The Balaban J connectivity index is 2.13. The summed E-state index contributed by atoms with van der Waals surface area (Å²) in [7, 11) is 0. The van der Waals surface area contributed by atoms with Gasteiger partial charge in [0.15, 0.2) is 0 Å². The third-order valence-electron chi connectivity index (χ3n) is 2.54. The molecule has 2 aromatic carbocycles. The minimum atomic E-state index is 0.338. The molecule has 0 atom stereocenters. The molecule has 0 heterocycles. The van der Waals surface area contributed by atoms with Gasteiger partial charge in [-0.15, -0.1) is 0 Å². The first kappa shape index (κ1) is 10.9. The molecule has 2 heteroatoms. The van der Waals surface area contributed by atoms with E-state index in [1.165, 1.54) is 11.1 Å². The lowest BCUT2D eigenvalue weighted by Crippen LogP contribution is -1.94. The van der Waals surface area contributed by atoms with Crippen molar-refractivity contribution in [2.24, 2.45) is 0 Å². The molecule has 0 bridgehead atoms. The van der Waals surface area contributed by atoms with Crippen molar-refractivity contribution in [2.75, 3.05) is 6.61 Å². The van der Waals surface area contributed by atoms with Crippen molar-refractivity contribution in [1.82, 2.24) is 0 Å².